The molecule has 1 aliphatic carbocycles. The number of halogens is 1. The van der Waals surface area contributed by atoms with Crippen LogP contribution in [0.5, 0.6) is 0 Å². The minimum absolute atomic E-state index is 0.0384. The van der Waals surface area contributed by atoms with E-state index >= 15 is 0 Å². The lowest BCUT2D eigenvalue weighted by Crippen LogP contribution is -2.50. The van der Waals surface area contributed by atoms with Crippen LogP contribution in [-0.4, -0.2) is 44.3 Å². The fourth-order valence-electron chi connectivity index (χ4n) is 3.17. The summed E-state index contributed by atoms with van der Waals surface area (Å²) in [6.07, 6.45) is 7.44. The lowest BCUT2D eigenvalue weighted by molar-refractivity contribution is -0.123. The van der Waals surface area contributed by atoms with Crippen molar-refractivity contribution in [2.24, 2.45) is 0 Å². The van der Waals surface area contributed by atoms with Crippen LogP contribution in [0.3, 0.4) is 0 Å². The van der Waals surface area contributed by atoms with Gasteiger partial charge in [0.15, 0.2) is 0 Å². The van der Waals surface area contributed by atoms with Crippen LogP contribution >= 0.6 is 11.6 Å². The fourth-order valence-corrected chi connectivity index (χ4v) is 3.96. The van der Waals surface area contributed by atoms with Crippen LogP contribution in [0.25, 0.3) is 0 Å². The van der Waals surface area contributed by atoms with E-state index in [1.54, 1.807) is 24.3 Å². The molecule has 27 heavy (non-hydrogen) atoms. The molecule has 1 aliphatic rings. The monoisotopic (exact) mass is 414 g/mol. The summed E-state index contributed by atoms with van der Waals surface area (Å²) in [7, 11) is -3.25. The molecule has 0 unspecified atom stereocenters. The van der Waals surface area contributed by atoms with E-state index in [2.05, 4.69) is 10.6 Å². The van der Waals surface area contributed by atoms with Gasteiger partial charge in [0.2, 0.25) is 5.91 Å². The zero-order chi connectivity index (χ0) is 19.9. The zero-order valence-electron chi connectivity index (χ0n) is 15.5. The molecule has 0 radical (unpaired) electrons. The normalized spacial score (nSPS) is 17.0. The molecule has 1 atom stereocenters. The Hall–Kier alpha value is -1.60. The van der Waals surface area contributed by atoms with Crippen molar-refractivity contribution in [3.05, 3.63) is 34.9 Å². The number of carbonyl (C=O) groups is 2. The molecule has 0 saturated heterocycles. The van der Waals surface area contributed by atoms with Gasteiger partial charge in [0.25, 0.3) is 5.91 Å². The molecule has 2 rings (SSSR count). The van der Waals surface area contributed by atoms with Crippen molar-refractivity contribution < 1.29 is 18.0 Å². The summed E-state index contributed by atoms with van der Waals surface area (Å²) in [5, 5.41) is 6.17. The van der Waals surface area contributed by atoms with E-state index in [4.69, 9.17) is 11.6 Å². The van der Waals surface area contributed by atoms with Gasteiger partial charge in [-0.25, -0.2) is 8.42 Å². The maximum absolute atomic E-state index is 12.7. The average molecular weight is 415 g/mol. The molecule has 0 aromatic heterocycles. The highest BCUT2D eigenvalue weighted by Crippen LogP contribution is 2.17. The molecule has 1 aromatic carbocycles. The van der Waals surface area contributed by atoms with Crippen LogP contribution in [0.15, 0.2) is 24.3 Å². The molecule has 8 heteroatoms. The maximum Gasteiger partial charge on any atom is 0.251 e. The summed E-state index contributed by atoms with van der Waals surface area (Å²) in [6.45, 7) is 0. The van der Waals surface area contributed by atoms with E-state index in [-0.39, 0.29) is 24.1 Å². The summed E-state index contributed by atoms with van der Waals surface area (Å²) in [4.78, 5) is 25.2. The zero-order valence-corrected chi connectivity index (χ0v) is 17.1. The van der Waals surface area contributed by atoms with E-state index in [1.807, 2.05) is 0 Å². The van der Waals surface area contributed by atoms with E-state index in [0.717, 1.165) is 44.8 Å². The molecule has 2 amide bonds. The van der Waals surface area contributed by atoms with Crippen molar-refractivity contribution in [1.29, 1.82) is 0 Å². The van der Waals surface area contributed by atoms with Crippen LogP contribution < -0.4 is 10.6 Å². The second-order valence-electron chi connectivity index (χ2n) is 7.15. The Bertz CT molecular complexity index is 741. The number of sulfone groups is 1. The van der Waals surface area contributed by atoms with Crippen molar-refractivity contribution in [2.75, 3.05) is 12.0 Å². The van der Waals surface area contributed by atoms with Crippen LogP contribution in [0, 0.1) is 0 Å². The third-order valence-corrected chi connectivity index (χ3v) is 5.94. The highest BCUT2D eigenvalue weighted by molar-refractivity contribution is 7.90. The fraction of sp³-hybridized carbons (Fsp3) is 0.579. The first-order chi connectivity index (χ1) is 12.7. The number of hydrogen-bond donors (Lipinski definition) is 2. The van der Waals surface area contributed by atoms with Gasteiger partial charge >= 0.3 is 0 Å². The number of benzene rings is 1. The summed E-state index contributed by atoms with van der Waals surface area (Å²) < 4.78 is 23.1. The standard InChI is InChI=1S/C19H27ClN2O4S/c1-27(25,26)13-12-17(19(24)21-16-6-4-2-3-5-7-16)22-18(23)14-8-10-15(20)11-9-14/h8-11,16-17H,2-7,12-13H2,1H3,(H,21,24)(H,22,23)/t17-/m0/s1. The first-order valence-electron chi connectivity index (χ1n) is 9.29. The first-order valence-corrected chi connectivity index (χ1v) is 11.7. The topological polar surface area (TPSA) is 92.3 Å². The largest absolute Gasteiger partial charge is 0.352 e. The molecule has 0 heterocycles. The van der Waals surface area contributed by atoms with Crippen molar-refractivity contribution in [1.82, 2.24) is 10.6 Å². The molecule has 1 fully saturated rings. The molecule has 0 aliphatic heterocycles. The lowest BCUT2D eigenvalue weighted by Gasteiger charge is -2.22. The number of rotatable bonds is 7. The highest BCUT2D eigenvalue weighted by atomic mass is 35.5. The van der Waals surface area contributed by atoms with Gasteiger partial charge in [-0.3, -0.25) is 9.59 Å². The Labute approximate surface area is 166 Å². The predicted molar refractivity (Wildman–Crippen MR) is 107 cm³/mol. The minimum Gasteiger partial charge on any atom is -0.352 e. The summed E-state index contributed by atoms with van der Waals surface area (Å²) in [6, 6.07) is 5.49. The third-order valence-electron chi connectivity index (χ3n) is 4.71. The molecular formula is C19H27ClN2O4S. The number of carbonyl (C=O) groups excluding carboxylic acids is 2. The Balaban J connectivity index is 2.05. The Morgan fingerprint density at radius 2 is 1.70 bits per heavy atom. The number of nitrogens with one attached hydrogen (secondary N) is 2. The number of hydrogen-bond acceptors (Lipinski definition) is 4. The molecule has 0 bridgehead atoms. The Kier molecular flexibility index (Phi) is 8.10. The molecule has 2 N–H and O–H groups in total. The second-order valence-corrected chi connectivity index (χ2v) is 9.84. The first kappa shape index (κ1) is 21.7. The molecule has 1 saturated carbocycles. The van der Waals surface area contributed by atoms with E-state index in [1.165, 1.54) is 0 Å². The van der Waals surface area contributed by atoms with Gasteiger partial charge in [0, 0.05) is 22.9 Å². The Morgan fingerprint density at radius 1 is 1.11 bits per heavy atom. The molecule has 6 nitrogen and oxygen atoms in total. The lowest BCUT2D eigenvalue weighted by atomic mass is 10.1. The molecular weight excluding hydrogens is 388 g/mol. The van der Waals surface area contributed by atoms with E-state index in [0.29, 0.717) is 10.6 Å². The van der Waals surface area contributed by atoms with Crippen molar-refractivity contribution in [3.63, 3.8) is 0 Å². The van der Waals surface area contributed by atoms with Crippen molar-refractivity contribution in [2.45, 2.75) is 57.0 Å². The van der Waals surface area contributed by atoms with Crippen LogP contribution in [0.4, 0.5) is 0 Å². The van der Waals surface area contributed by atoms with Crippen LogP contribution in [0.2, 0.25) is 5.02 Å². The third kappa shape index (κ3) is 7.89. The van der Waals surface area contributed by atoms with Gasteiger partial charge in [-0.1, -0.05) is 37.3 Å². The smallest absolute Gasteiger partial charge is 0.251 e. The van der Waals surface area contributed by atoms with Crippen molar-refractivity contribution >= 4 is 33.3 Å². The maximum atomic E-state index is 12.7. The number of amides is 2. The summed E-state index contributed by atoms with van der Waals surface area (Å²) >= 11 is 5.83. The van der Waals surface area contributed by atoms with Gasteiger partial charge in [0.1, 0.15) is 15.9 Å². The summed E-state index contributed by atoms with van der Waals surface area (Å²) in [5.41, 5.74) is 0.367. The quantitative estimate of drug-likeness (QED) is 0.671. The van der Waals surface area contributed by atoms with Gasteiger partial charge in [-0.2, -0.15) is 0 Å². The van der Waals surface area contributed by atoms with Crippen molar-refractivity contribution in [3.8, 4) is 0 Å². The van der Waals surface area contributed by atoms with E-state index < -0.39 is 21.8 Å². The van der Waals surface area contributed by atoms with Crippen LogP contribution in [0.1, 0.15) is 55.3 Å². The molecule has 0 spiro atoms. The predicted octanol–water partition coefficient (Wildman–Crippen LogP) is 2.71. The Morgan fingerprint density at radius 3 is 2.26 bits per heavy atom. The van der Waals surface area contributed by atoms with Crippen LogP contribution in [-0.2, 0) is 14.6 Å². The SMILES string of the molecule is CS(=O)(=O)CC[C@H](NC(=O)c1ccc(Cl)cc1)C(=O)NC1CCCCCC1. The average Bonchev–Trinajstić information content (AvgIpc) is 2.86. The van der Waals surface area contributed by atoms with E-state index in [9.17, 15) is 18.0 Å². The van der Waals surface area contributed by atoms with Gasteiger partial charge in [-0.05, 0) is 43.5 Å². The highest BCUT2D eigenvalue weighted by Gasteiger charge is 2.25. The summed E-state index contributed by atoms with van der Waals surface area (Å²) in [5.74, 6) is -0.926. The minimum atomic E-state index is -3.25. The van der Waals surface area contributed by atoms with Gasteiger partial charge in [0.05, 0.1) is 5.75 Å². The van der Waals surface area contributed by atoms with Gasteiger partial charge in [-0.15, -0.1) is 0 Å². The second kappa shape index (κ2) is 10.1. The molecule has 150 valence electrons. The van der Waals surface area contributed by atoms with Gasteiger partial charge < -0.3 is 10.6 Å². The molecule has 1 aromatic rings.